The van der Waals surface area contributed by atoms with Crippen molar-refractivity contribution in [2.75, 3.05) is 32.8 Å². The highest BCUT2D eigenvalue weighted by Gasteiger charge is 2.30. The van der Waals surface area contributed by atoms with E-state index in [2.05, 4.69) is 21.9 Å². The van der Waals surface area contributed by atoms with Crippen LogP contribution < -0.4 is 0 Å². The smallest absolute Gasteiger partial charge is 0.259 e. The van der Waals surface area contributed by atoms with Crippen molar-refractivity contribution in [3.8, 4) is 0 Å². The molecular weight excluding hydrogens is 306 g/mol. The van der Waals surface area contributed by atoms with Gasteiger partial charge < -0.3 is 9.64 Å². The van der Waals surface area contributed by atoms with Gasteiger partial charge in [0.15, 0.2) is 5.65 Å². The Labute approximate surface area is 141 Å². The zero-order chi connectivity index (χ0) is 16.5. The van der Waals surface area contributed by atoms with Gasteiger partial charge in [-0.3, -0.25) is 9.69 Å². The number of rotatable bonds is 2. The number of nitrogens with zero attached hydrogens (tertiary/aromatic N) is 5. The normalized spacial score (nSPS) is 23.7. The molecule has 2 aromatic heterocycles. The summed E-state index contributed by atoms with van der Waals surface area (Å²) in [4.78, 5) is 21.6. The Balaban J connectivity index is 1.41. The monoisotopic (exact) mass is 329 g/mol. The second-order valence-corrected chi connectivity index (χ2v) is 6.65. The minimum atomic E-state index is 0.0393. The Morgan fingerprint density at radius 2 is 2.12 bits per heavy atom. The van der Waals surface area contributed by atoms with E-state index in [1.807, 2.05) is 17.2 Å². The van der Waals surface area contributed by atoms with Crippen molar-refractivity contribution in [3.63, 3.8) is 0 Å². The number of likely N-dealkylation sites (tertiary alicyclic amines) is 1. The number of hydrogen-bond acceptors (Lipinski definition) is 5. The van der Waals surface area contributed by atoms with Crippen molar-refractivity contribution < 1.29 is 9.53 Å². The van der Waals surface area contributed by atoms with Gasteiger partial charge in [0, 0.05) is 44.6 Å². The fourth-order valence-electron chi connectivity index (χ4n) is 3.76. The highest BCUT2D eigenvalue weighted by Crippen LogP contribution is 2.21. The van der Waals surface area contributed by atoms with Crippen LogP contribution in [0.5, 0.6) is 0 Å². The summed E-state index contributed by atoms with van der Waals surface area (Å²) in [5.74, 6) is 0.0393. The number of aromatic nitrogens is 3. The lowest BCUT2D eigenvalue weighted by atomic mass is 10.0. The Kier molecular flexibility index (Phi) is 4.20. The van der Waals surface area contributed by atoms with Gasteiger partial charge >= 0.3 is 0 Å². The van der Waals surface area contributed by atoms with Crippen LogP contribution in [-0.4, -0.2) is 75.2 Å². The zero-order valence-corrected chi connectivity index (χ0v) is 14.0. The molecule has 128 valence electrons. The van der Waals surface area contributed by atoms with E-state index < -0.39 is 0 Å². The van der Waals surface area contributed by atoms with Crippen LogP contribution in [0.4, 0.5) is 0 Å². The van der Waals surface area contributed by atoms with E-state index in [0.717, 1.165) is 45.6 Å². The molecule has 2 aliphatic rings. The van der Waals surface area contributed by atoms with E-state index in [9.17, 15) is 4.79 Å². The number of amides is 1. The van der Waals surface area contributed by atoms with Crippen molar-refractivity contribution in [1.29, 1.82) is 0 Å². The molecule has 0 spiro atoms. The summed E-state index contributed by atoms with van der Waals surface area (Å²) in [5.41, 5.74) is 1.22. The molecule has 0 N–H and O–H groups in total. The first-order chi connectivity index (χ1) is 11.7. The largest absolute Gasteiger partial charge is 0.376 e. The molecule has 0 aliphatic carbocycles. The molecule has 0 bridgehead atoms. The summed E-state index contributed by atoms with van der Waals surface area (Å²) < 4.78 is 7.27. The van der Waals surface area contributed by atoms with Gasteiger partial charge in [0.05, 0.1) is 18.9 Å². The lowest BCUT2D eigenvalue weighted by Gasteiger charge is -2.41. The molecule has 2 fully saturated rings. The molecule has 2 aromatic rings. The summed E-state index contributed by atoms with van der Waals surface area (Å²) in [6, 6.07) is 2.37. The van der Waals surface area contributed by atoms with Crippen LogP contribution in [-0.2, 0) is 4.74 Å². The summed E-state index contributed by atoms with van der Waals surface area (Å²) in [6.07, 6.45) is 7.48. The second kappa shape index (κ2) is 6.49. The molecule has 7 heteroatoms. The summed E-state index contributed by atoms with van der Waals surface area (Å²) in [7, 11) is 0. The highest BCUT2D eigenvalue weighted by molar-refractivity contribution is 5.99. The van der Waals surface area contributed by atoms with E-state index in [0.29, 0.717) is 23.4 Å². The summed E-state index contributed by atoms with van der Waals surface area (Å²) in [5, 5.41) is 4.22. The zero-order valence-electron chi connectivity index (χ0n) is 14.0. The molecule has 4 heterocycles. The van der Waals surface area contributed by atoms with Gasteiger partial charge in [-0.25, -0.2) is 9.50 Å². The van der Waals surface area contributed by atoms with Crippen LogP contribution in [0.15, 0.2) is 24.7 Å². The number of piperidine rings is 1. The minimum absolute atomic E-state index is 0.0393. The SMILES string of the molecule is C[C@H]1CN(C2CCN(C(=O)c3cnn4cccnc34)CC2)CCO1. The topological polar surface area (TPSA) is 63.0 Å². The van der Waals surface area contributed by atoms with Crippen LogP contribution >= 0.6 is 0 Å². The van der Waals surface area contributed by atoms with Crippen LogP contribution in [0.25, 0.3) is 5.65 Å². The van der Waals surface area contributed by atoms with E-state index in [1.54, 1.807) is 16.9 Å². The van der Waals surface area contributed by atoms with Gasteiger partial charge in [-0.15, -0.1) is 0 Å². The first-order valence-corrected chi connectivity index (χ1v) is 8.65. The van der Waals surface area contributed by atoms with Gasteiger partial charge in [-0.2, -0.15) is 5.10 Å². The molecule has 0 radical (unpaired) electrons. The number of morpholine rings is 1. The van der Waals surface area contributed by atoms with Gasteiger partial charge in [0.2, 0.25) is 0 Å². The van der Waals surface area contributed by atoms with Crippen molar-refractivity contribution >= 4 is 11.6 Å². The Morgan fingerprint density at radius 1 is 1.29 bits per heavy atom. The van der Waals surface area contributed by atoms with Crippen molar-refractivity contribution in [1.82, 2.24) is 24.4 Å². The van der Waals surface area contributed by atoms with Crippen LogP contribution in [0.1, 0.15) is 30.1 Å². The second-order valence-electron chi connectivity index (χ2n) is 6.65. The number of ether oxygens (including phenoxy) is 1. The molecule has 1 amide bonds. The number of fused-ring (bicyclic) bond motifs is 1. The fourth-order valence-corrected chi connectivity index (χ4v) is 3.76. The van der Waals surface area contributed by atoms with Crippen molar-refractivity contribution in [2.45, 2.75) is 31.9 Å². The van der Waals surface area contributed by atoms with Gasteiger partial charge in [0.1, 0.15) is 5.56 Å². The molecule has 7 nitrogen and oxygen atoms in total. The van der Waals surface area contributed by atoms with Crippen molar-refractivity contribution in [2.24, 2.45) is 0 Å². The minimum Gasteiger partial charge on any atom is -0.376 e. The molecule has 2 saturated heterocycles. The van der Waals surface area contributed by atoms with Gasteiger partial charge in [0.25, 0.3) is 5.91 Å². The van der Waals surface area contributed by atoms with E-state index in [-0.39, 0.29) is 5.91 Å². The molecule has 2 aliphatic heterocycles. The quantitative estimate of drug-likeness (QED) is 0.824. The predicted molar refractivity (Wildman–Crippen MR) is 88.9 cm³/mol. The maximum atomic E-state index is 12.8. The van der Waals surface area contributed by atoms with E-state index >= 15 is 0 Å². The number of carbonyl (C=O) groups is 1. The molecule has 1 atom stereocenters. The maximum Gasteiger partial charge on any atom is 0.259 e. The summed E-state index contributed by atoms with van der Waals surface area (Å²) in [6.45, 7) is 6.52. The number of carbonyl (C=O) groups excluding carboxylic acids is 1. The standard InChI is InChI=1S/C17H23N5O2/c1-13-12-21(9-10-24-13)14-3-7-20(8-4-14)17(23)15-11-19-22-6-2-5-18-16(15)22/h2,5-6,11,13-14H,3-4,7-10,12H2,1H3/t13-/m0/s1. The van der Waals surface area contributed by atoms with Crippen LogP contribution in [0.3, 0.4) is 0 Å². The fraction of sp³-hybridized carbons (Fsp3) is 0.588. The number of hydrogen-bond donors (Lipinski definition) is 0. The first kappa shape index (κ1) is 15.5. The average Bonchev–Trinajstić information content (AvgIpc) is 3.05. The van der Waals surface area contributed by atoms with Gasteiger partial charge in [-0.1, -0.05) is 0 Å². The third-order valence-electron chi connectivity index (χ3n) is 5.05. The van der Waals surface area contributed by atoms with E-state index in [4.69, 9.17) is 4.74 Å². The van der Waals surface area contributed by atoms with Gasteiger partial charge in [-0.05, 0) is 25.8 Å². The molecule has 24 heavy (non-hydrogen) atoms. The Hall–Kier alpha value is -1.99. The first-order valence-electron chi connectivity index (χ1n) is 8.65. The molecular formula is C17H23N5O2. The molecule has 0 aromatic carbocycles. The molecule has 0 saturated carbocycles. The predicted octanol–water partition coefficient (Wildman–Crippen LogP) is 1.05. The Bertz CT molecular complexity index is 723. The molecule has 4 rings (SSSR count). The third-order valence-corrected chi connectivity index (χ3v) is 5.05. The Morgan fingerprint density at radius 3 is 2.92 bits per heavy atom. The van der Waals surface area contributed by atoms with E-state index in [1.165, 1.54) is 0 Å². The summed E-state index contributed by atoms with van der Waals surface area (Å²) >= 11 is 0. The third kappa shape index (κ3) is 2.89. The lowest BCUT2D eigenvalue weighted by molar-refractivity contribution is -0.0423. The van der Waals surface area contributed by atoms with Crippen LogP contribution in [0, 0.1) is 0 Å². The molecule has 0 unspecified atom stereocenters. The van der Waals surface area contributed by atoms with Crippen molar-refractivity contribution in [3.05, 3.63) is 30.2 Å². The lowest BCUT2D eigenvalue weighted by Crippen LogP contribution is -2.51. The van der Waals surface area contributed by atoms with Crippen LogP contribution in [0.2, 0.25) is 0 Å². The highest BCUT2D eigenvalue weighted by atomic mass is 16.5. The maximum absolute atomic E-state index is 12.8. The average molecular weight is 329 g/mol.